The second-order valence-corrected chi connectivity index (χ2v) is 5.84. The van der Waals surface area contributed by atoms with E-state index >= 15 is 0 Å². The van der Waals surface area contributed by atoms with E-state index in [1.807, 2.05) is 29.2 Å². The van der Waals surface area contributed by atoms with E-state index in [9.17, 15) is 9.59 Å². The molecule has 1 N–H and O–H groups in total. The maximum Gasteiger partial charge on any atom is 0.245 e. The molecule has 0 bridgehead atoms. The third-order valence-electron chi connectivity index (χ3n) is 4.28. The minimum Gasteiger partial charge on any atom is -0.373 e. The van der Waals surface area contributed by atoms with Crippen LogP contribution in [0, 0.1) is 0 Å². The van der Waals surface area contributed by atoms with Crippen molar-refractivity contribution in [2.45, 2.75) is 25.3 Å². The standard InChI is InChI=1S/C16H21N3O2/c1-18(11-15(20)19-8-4-5-9-19)16(21)14-10-12-6-2-3-7-13(12)17-14/h2-3,6-7,14,17H,4-5,8-11H2,1H3/t14-/m0/s1. The molecule has 2 aliphatic rings. The third kappa shape index (κ3) is 2.86. The van der Waals surface area contributed by atoms with Crippen molar-refractivity contribution in [2.75, 3.05) is 32.0 Å². The number of amides is 2. The number of anilines is 1. The van der Waals surface area contributed by atoms with Gasteiger partial charge in [-0.05, 0) is 24.5 Å². The molecule has 5 nitrogen and oxygen atoms in total. The highest BCUT2D eigenvalue weighted by Crippen LogP contribution is 2.25. The van der Waals surface area contributed by atoms with Crippen LogP contribution in [0.4, 0.5) is 5.69 Å². The van der Waals surface area contributed by atoms with Crippen LogP contribution in [0.3, 0.4) is 0 Å². The topological polar surface area (TPSA) is 52.7 Å². The van der Waals surface area contributed by atoms with Gasteiger partial charge < -0.3 is 15.1 Å². The highest BCUT2D eigenvalue weighted by Gasteiger charge is 2.30. The predicted octanol–water partition coefficient (Wildman–Crippen LogP) is 1.10. The number of nitrogens with zero attached hydrogens (tertiary/aromatic N) is 2. The lowest BCUT2D eigenvalue weighted by Crippen LogP contribution is -2.45. The number of nitrogens with one attached hydrogen (secondary N) is 1. The molecule has 0 radical (unpaired) electrons. The second-order valence-electron chi connectivity index (χ2n) is 5.84. The van der Waals surface area contributed by atoms with Gasteiger partial charge in [-0.15, -0.1) is 0 Å². The molecule has 0 aliphatic carbocycles. The quantitative estimate of drug-likeness (QED) is 0.906. The molecule has 2 aliphatic heterocycles. The van der Waals surface area contributed by atoms with Crippen molar-refractivity contribution >= 4 is 17.5 Å². The van der Waals surface area contributed by atoms with Gasteiger partial charge in [0.15, 0.2) is 0 Å². The summed E-state index contributed by atoms with van der Waals surface area (Å²) in [6.07, 6.45) is 2.84. The molecule has 2 amide bonds. The summed E-state index contributed by atoms with van der Waals surface area (Å²) in [5, 5.41) is 3.24. The molecule has 1 atom stereocenters. The summed E-state index contributed by atoms with van der Waals surface area (Å²) in [7, 11) is 1.71. The maximum atomic E-state index is 12.5. The first kappa shape index (κ1) is 13.9. The van der Waals surface area contributed by atoms with Crippen LogP contribution in [0.5, 0.6) is 0 Å². The second kappa shape index (κ2) is 5.76. The minimum absolute atomic E-state index is 0.0150. The van der Waals surface area contributed by atoms with Crippen LogP contribution >= 0.6 is 0 Å². The van der Waals surface area contributed by atoms with Crippen molar-refractivity contribution in [3.63, 3.8) is 0 Å². The number of carbonyl (C=O) groups is 2. The van der Waals surface area contributed by atoms with Crippen LogP contribution in [0.15, 0.2) is 24.3 Å². The normalized spacial score (nSPS) is 20.0. The van der Waals surface area contributed by atoms with Crippen LogP contribution in [0.25, 0.3) is 0 Å². The summed E-state index contributed by atoms with van der Waals surface area (Å²) < 4.78 is 0. The number of hydrogen-bond acceptors (Lipinski definition) is 3. The fourth-order valence-corrected chi connectivity index (χ4v) is 3.06. The van der Waals surface area contributed by atoms with Crippen molar-refractivity contribution in [1.29, 1.82) is 0 Å². The fourth-order valence-electron chi connectivity index (χ4n) is 3.06. The van der Waals surface area contributed by atoms with Gasteiger partial charge in [-0.25, -0.2) is 0 Å². The molecule has 1 aromatic rings. The van der Waals surface area contributed by atoms with Crippen LogP contribution in [0.1, 0.15) is 18.4 Å². The lowest BCUT2D eigenvalue weighted by Gasteiger charge is -2.23. The van der Waals surface area contributed by atoms with E-state index in [2.05, 4.69) is 5.32 Å². The first-order chi connectivity index (χ1) is 10.1. The van der Waals surface area contributed by atoms with Crippen LogP contribution in [0.2, 0.25) is 0 Å². The average molecular weight is 287 g/mol. The molecular formula is C16H21N3O2. The van der Waals surface area contributed by atoms with Gasteiger partial charge in [0.1, 0.15) is 6.04 Å². The lowest BCUT2D eigenvalue weighted by molar-refractivity contribution is -0.139. The molecule has 2 heterocycles. The molecule has 1 fully saturated rings. The third-order valence-corrected chi connectivity index (χ3v) is 4.28. The number of likely N-dealkylation sites (tertiary alicyclic amines) is 1. The van der Waals surface area contributed by atoms with E-state index in [1.165, 1.54) is 0 Å². The van der Waals surface area contributed by atoms with Crippen molar-refractivity contribution in [3.05, 3.63) is 29.8 Å². The molecule has 0 aromatic heterocycles. The Morgan fingerprint density at radius 3 is 2.71 bits per heavy atom. The van der Waals surface area contributed by atoms with E-state index in [1.54, 1.807) is 11.9 Å². The van der Waals surface area contributed by atoms with Crippen molar-refractivity contribution < 1.29 is 9.59 Å². The largest absolute Gasteiger partial charge is 0.373 e. The Hall–Kier alpha value is -2.04. The van der Waals surface area contributed by atoms with Gasteiger partial charge >= 0.3 is 0 Å². The zero-order valence-corrected chi connectivity index (χ0v) is 12.3. The van der Waals surface area contributed by atoms with E-state index in [4.69, 9.17) is 0 Å². The van der Waals surface area contributed by atoms with Gasteiger partial charge in [0.2, 0.25) is 11.8 Å². The van der Waals surface area contributed by atoms with Gasteiger partial charge in [-0.2, -0.15) is 0 Å². The first-order valence-electron chi connectivity index (χ1n) is 7.52. The van der Waals surface area contributed by atoms with Crippen molar-refractivity contribution in [2.24, 2.45) is 0 Å². The molecule has 3 rings (SSSR count). The van der Waals surface area contributed by atoms with Crippen LogP contribution in [-0.2, 0) is 16.0 Å². The Morgan fingerprint density at radius 2 is 2.00 bits per heavy atom. The minimum atomic E-state index is -0.251. The highest BCUT2D eigenvalue weighted by atomic mass is 16.2. The van der Waals surface area contributed by atoms with Crippen LogP contribution in [-0.4, -0.2) is 54.3 Å². The summed E-state index contributed by atoms with van der Waals surface area (Å²) in [5.74, 6) is 0.0395. The Labute approximate surface area is 124 Å². The zero-order chi connectivity index (χ0) is 14.8. The maximum absolute atomic E-state index is 12.5. The summed E-state index contributed by atoms with van der Waals surface area (Å²) in [4.78, 5) is 28.0. The monoisotopic (exact) mass is 287 g/mol. The SMILES string of the molecule is CN(CC(=O)N1CCCC1)C(=O)[C@@H]1Cc2ccccc2N1. The fraction of sp³-hybridized carbons (Fsp3) is 0.500. The van der Waals surface area contributed by atoms with Gasteiger partial charge in [0.05, 0.1) is 6.54 Å². The van der Waals surface area contributed by atoms with E-state index < -0.39 is 0 Å². The van der Waals surface area contributed by atoms with Gasteiger partial charge in [-0.1, -0.05) is 18.2 Å². The van der Waals surface area contributed by atoms with Gasteiger partial charge in [0, 0.05) is 32.2 Å². The van der Waals surface area contributed by atoms with E-state index in [0.717, 1.165) is 37.2 Å². The smallest absolute Gasteiger partial charge is 0.245 e. The average Bonchev–Trinajstić information content (AvgIpc) is 3.15. The summed E-state index contributed by atoms with van der Waals surface area (Å²) >= 11 is 0. The van der Waals surface area contributed by atoms with Crippen LogP contribution < -0.4 is 5.32 Å². The lowest BCUT2D eigenvalue weighted by atomic mass is 10.1. The Balaban J connectivity index is 1.57. The number of fused-ring (bicyclic) bond motifs is 1. The number of hydrogen-bond donors (Lipinski definition) is 1. The number of benzene rings is 1. The molecule has 1 aromatic carbocycles. The number of carbonyl (C=O) groups excluding carboxylic acids is 2. The molecule has 21 heavy (non-hydrogen) atoms. The number of likely N-dealkylation sites (N-methyl/N-ethyl adjacent to an activating group) is 1. The molecule has 0 unspecified atom stereocenters. The molecule has 5 heteroatoms. The van der Waals surface area contributed by atoms with E-state index in [-0.39, 0.29) is 24.4 Å². The molecule has 112 valence electrons. The van der Waals surface area contributed by atoms with Gasteiger partial charge in [0.25, 0.3) is 0 Å². The summed E-state index contributed by atoms with van der Waals surface area (Å²) in [6, 6.07) is 7.70. The Morgan fingerprint density at radius 1 is 1.29 bits per heavy atom. The summed E-state index contributed by atoms with van der Waals surface area (Å²) in [5.41, 5.74) is 2.19. The Kier molecular flexibility index (Phi) is 3.82. The van der Waals surface area contributed by atoms with Crippen molar-refractivity contribution in [3.8, 4) is 0 Å². The van der Waals surface area contributed by atoms with E-state index in [0.29, 0.717) is 6.42 Å². The molecular weight excluding hydrogens is 266 g/mol. The molecule has 1 saturated heterocycles. The molecule has 0 saturated carbocycles. The van der Waals surface area contributed by atoms with Crippen molar-refractivity contribution in [1.82, 2.24) is 9.80 Å². The Bertz CT molecular complexity index is 527. The molecule has 0 spiro atoms. The summed E-state index contributed by atoms with van der Waals surface area (Å²) in [6.45, 7) is 1.83. The predicted molar refractivity (Wildman–Crippen MR) is 81.0 cm³/mol. The zero-order valence-electron chi connectivity index (χ0n) is 12.3. The highest BCUT2D eigenvalue weighted by molar-refractivity contribution is 5.90. The number of rotatable bonds is 3. The number of para-hydroxylation sites is 1. The first-order valence-corrected chi connectivity index (χ1v) is 7.52. The van der Waals surface area contributed by atoms with Gasteiger partial charge in [-0.3, -0.25) is 9.59 Å².